The molecule has 2 rings (SSSR count). The first-order chi connectivity index (χ1) is 13.5. The van der Waals surface area contributed by atoms with Crippen molar-refractivity contribution in [3.63, 3.8) is 0 Å². The van der Waals surface area contributed by atoms with Gasteiger partial charge in [-0.15, -0.1) is 24.0 Å². The van der Waals surface area contributed by atoms with Gasteiger partial charge in [-0.1, -0.05) is 26.0 Å². The van der Waals surface area contributed by atoms with Crippen LogP contribution in [0.15, 0.2) is 29.3 Å². The summed E-state index contributed by atoms with van der Waals surface area (Å²) >= 11 is 0. The molecule has 1 heterocycles. The van der Waals surface area contributed by atoms with E-state index in [0.29, 0.717) is 19.3 Å². The van der Waals surface area contributed by atoms with Gasteiger partial charge in [-0.05, 0) is 43.9 Å². The fourth-order valence-corrected chi connectivity index (χ4v) is 3.13. The molecular formula is C22H38IN3O3. The predicted octanol–water partition coefficient (Wildman–Crippen LogP) is 3.73. The molecule has 1 unspecified atom stereocenters. The lowest BCUT2D eigenvalue weighted by Crippen LogP contribution is -2.39. The predicted molar refractivity (Wildman–Crippen MR) is 130 cm³/mol. The molecule has 0 spiro atoms. The summed E-state index contributed by atoms with van der Waals surface area (Å²) in [5, 5.41) is 6.72. The van der Waals surface area contributed by atoms with E-state index in [9.17, 15) is 0 Å². The van der Waals surface area contributed by atoms with Crippen LogP contribution in [0.5, 0.6) is 5.75 Å². The molecule has 0 amide bonds. The normalized spacial score (nSPS) is 17.0. The second-order valence-electron chi connectivity index (χ2n) is 7.80. The highest BCUT2D eigenvalue weighted by Gasteiger charge is 2.21. The Hall–Kier alpha value is -1.06. The number of nitrogens with one attached hydrogen (secondary N) is 2. The molecular weight excluding hydrogens is 481 g/mol. The first-order valence-electron chi connectivity index (χ1n) is 10.4. The zero-order valence-corrected chi connectivity index (χ0v) is 20.7. The van der Waals surface area contributed by atoms with Crippen LogP contribution in [0.1, 0.15) is 45.6 Å². The third-order valence-corrected chi connectivity index (χ3v) is 4.91. The lowest BCUT2D eigenvalue weighted by molar-refractivity contribution is 0.0168. The van der Waals surface area contributed by atoms with Gasteiger partial charge in [0.05, 0.1) is 26.4 Å². The summed E-state index contributed by atoms with van der Waals surface area (Å²) in [6.07, 6.45) is 3.52. The van der Waals surface area contributed by atoms with Crippen molar-refractivity contribution in [1.82, 2.24) is 10.6 Å². The van der Waals surface area contributed by atoms with Crippen molar-refractivity contribution in [3.8, 4) is 5.75 Å². The van der Waals surface area contributed by atoms with E-state index in [2.05, 4.69) is 43.5 Å². The number of halogens is 1. The fourth-order valence-electron chi connectivity index (χ4n) is 3.13. The average molecular weight is 519 g/mol. The molecule has 0 aromatic heterocycles. The molecule has 1 aliphatic heterocycles. The Kier molecular flexibility index (Phi) is 12.6. The van der Waals surface area contributed by atoms with Gasteiger partial charge in [-0.2, -0.15) is 0 Å². The zero-order chi connectivity index (χ0) is 20.2. The monoisotopic (exact) mass is 519 g/mol. The molecule has 7 heteroatoms. The Morgan fingerprint density at radius 3 is 2.83 bits per heavy atom. The van der Waals surface area contributed by atoms with Crippen molar-refractivity contribution >= 4 is 29.9 Å². The number of aliphatic imine (C=N–C) groups is 1. The van der Waals surface area contributed by atoms with Crippen LogP contribution in [0.2, 0.25) is 0 Å². The number of nitrogens with zero attached hydrogens (tertiary/aromatic N) is 1. The third kappa shape index (κ3) is 9.53. The highest BCUT2D eigenvalue weighted by Crippen LogP contribution is 2.26. The summed E-state index contributed by atoms with van der Waals surface area (Å²) in [6, 6.07) is 8.21. The van der Waals surface area contributed by atoms with E-state index in [0.717, 1.165) is 57.3 Å². The molecule has 6 nitrogen and oxygen atoms in total. The SMILES string of the molecule is CCNC(=NCC(C)(C)c1cccc(OC)c1)NCCCOCC1CCCO1.I. The second kappa shape index (κ2) is 14.0. The molecule has 1 aromatic carbocycles. The quantitative estimate of drug-likeness (QED) is 0.202. The molecule has 1 aromatic rings. The van der Waals surface area contributed by atoms with Gasteiger partial charge >= 0.3 is 0 Å². The average Bonchev–Trinajstić information content (AvgIpc) is 3.22. The van der Waals surface area contributed by atoms with Gasteiger partial charge in [0.15, 0.2) is 5.96 Å². The van der Waals surface area contributed by atoms with Gasteiger partial charge in [0, 0.05) is 31.7 Å². The Labute approximate surface area is 193 Å². The fraction of sp³-hybridized carbons (Fsp3) is 0.682. The molecule has 29 heavy (non-hydrogen) atoms. The maximum absolute atomic E-state index is 5.72. The number of guanidine groups is 1. The van der Waals surface area contributed by atoms with E-state index in [1.54, 1.807) is 7.11 Å². The maximum Gasteiger partial charge on any atom is 0.191 e. The molecule has 0 aliphatic carbocycles. The summed E-state index contributed by atoms with van der Waals surface area (Å²) in [5.41, 5.74) is 1.13. The molecule has 1 atom stereocenters. The number of methoxy groups -OCH3 is 1. The first kappa shape index (κ1) is 26.0. The summed E-state index contributed by atoms with van der Waals surface area (Å²) < 4.78 is 16.6. The summed E-state index contributed by atoms with van der Waals surface area (Å²) in [5.74, 6) is 1.72. The Morgan fingerprint density at radius 1 is 1.31 bits per heavy atom. The smallest absolute Gasteiger partial charge is 0.191 e. The number of ether oxygens (including phenoxy) is 3. The van der Waals surface area contributed by atoms with Gasteiger partial charge in [0.25, 0.3) is 0 Å². The van der Waals surface area contributed by atoms with Crippen molar-refractivity contribution in [2.45, 2.75) is 51.6 Å². The van der Waals surface area contributed by atoms with E-state index >= 15 is 0 Å². The van der Waals surface area contributed by atoms with Crippen LogP contribution in [0.4, 0.5) is 0 Å². The molecule has 166 valence electrons. The minimum Gasteiger partial charge on any atom is -0.497 e. The van der Waals surface area contributed by atoms with Gasteiger partial charge in [-0.25, -0.2) is 0 Å². The molecule has 0 bridgehead atoms. The van der Waals surface area contributed by atoms with Crippen molar-refractivity contribution in [2.24, 2.45) is 4.99 Å². The zero-order valence-electron chi connectivity index (χ0n) is 18.3. The van der Waals surface area contributed by atoms with Crippen molar-refractivity contribution < 1.29 is 14.2 Å². The number of benzene rings is 1. The van der Waals surface area contributed by atoms with E-state index in [1.807, 2.05) is 12.1 Å². The summed E-state index contributed by atoms with van der Waals surface area (Å²) in [4.78, 5) is 4.79. The first-order valence-corrected chi connectivity index (χ1v) is 10.4. The standard InChI is InChI=1S/C22H37N3O3.HI/c1-5-23-21(24-12-8-13-27-16-20-11-7-14-28-20)25-17-22(2,3)18-9-6-10-19(15-18)26-4;/h6,9-10,15,20H,5,7-8,11-14,16-17H2,1-4H3,(H2,23,24,25);1H. The van der Waals surface area contributed by atoms with Crippen LogP contribution in [0, 0.1) is 0 Å². The highest BCUT2D eigenvalue weighted by molar-refractivity contribution is 14.0. The Bertz CT molecular complexity index is 605. The van der Waals surface area contributed by atoms with E-state index < -0.39 is 0 Å². The van der Waals surface area contributed by atoms with Crippen LogP contribution in [-0.4, -0.2) is 58.6 Å². The van der Waals surface area contributed by atoms with Crippen molar-refractivity contribution in [3.05, 3.63) is 29.8 Å². The second-order valence-corrected chi connectivity index (χ2v) is 7.80. The molecule has 1 saturated heterocycles. The van der Waals surface area contributed by atoms with Crippen LogP contribution >= 0.6 is 24.0 Å². The number of rotatable bonds is 11. The van der Waals surface area contributed by atoms with Crippen molar-refractivity contribution in [1.29, 1.82) is 0 Å². The van der Waals surface area contributed by atoms with Gasteiger partial charge in [0.1, 0.15) is 5.75 Å². The minimum atomic E-state index is -0.0821. The van der Waals surface area contributed by atoms with Gasteiger partial charge in [-0.3, -0.25) is 4.99 Å². The number of hydrogen-bond donors (Lipinski definition) is 2. The van der Waals surface area contributed by atoms with Gasteiger partial charge in [0.2, 0.25) is 0 Å². The van der Waals surface area contributed by atoms with Crippen LogP contribution in [0.25, 0.3) is 0 Å². The topological polar surface area (TPSA) is 64.1 Å². The molecule has 0 radical (unpaired) electrons. The van der Waals surface area contributed by atoms with Crippen LogP contribution < -0.4 is 15.4 Å². The molecule has 1 fully saturated rings. The van der Waals surface area contributed by atoms with E-state index in [-0.39, 0.29) is 29.4 Å². The Balaban J connectivity index is 0.00000420. The molecule has 2 N–H and O–H groups in total. The van der Waals surface area contributed by atoms with Gasteiger partial charge < -0.3 is 24.8 Å². The minimum absolute atomic E-state index is 0. The highest BCUT2D eigenvalue weighted by atomic mass is 127. The largest absolute Gasteiger partial charge is 0.497 e. The van der Waals surface area contributed by atoms with E-state index in [1.165, 1.54) is 5.56 Å². The van der Waals surface area contributed by atoms with Crippen LogP contribution in [-0.2, 0) is 14.9 Å². The lowest BCUT2D eigenvalue weighted by atomic mass is 9.85. The number of hydrogen-bond acceptors (Lipinski definition) is 4. The molecule has 0 saturated carbocycles. The molecule has 1 aliphatic rings. The summed E-state index contributed by atoms with van der Waals surface area (Å²) in [6.45, 7) is 11.2. The summed E-state index contributed by atoms with van der Waals surface area (Å²) in [7, 11) is 1.70. The maximum atomic E-state index is 5.72. The van der Waals surface area contributed by atoms with Crippen LogP contribution in [0.3, 0.4) is 0 Å². The van der Waals surface area contributed by atoms with Crippen molar-refractivity contribution in [2.75, 3.05) is 46.6 Å². The third-order valence-electron chi connectivity index (χ3n) is 4.91. The van der Waals surface area contributed by atoms with E-state index in [4.69, 9.17) is 19.2 Å². The lowest BCUT2D eigenvalue weighted by Gasteiger charge is -2.24. The Morgan fingerprint density at radius 2 is 2.14 bits per heavy atom.